The molecule has 0 atom stereocenters. The third-order valence-electron chi connectivity index (χ3n) is 5.21. The number of carbonyl (C=O) groups excluding carboxylic acids is 1. The number of fused-ring (bicyclic) bond motifs is 1. The Labute approximate surface area is 204 Å². The summed E-state index contributed by atoms with van der Waals surface area (Å²) in [6.07, 6.45) is 0. The second-order valence-electron chi connectivity index (χ2n) is 7.16. The van der Waals surface area contributed by atoms with Crippen LogP contribution < -0.4 is 14.8 Å². The van der Waals surface area contributed by atoms with Crippen LogP contribution in [-0.4, -0.2) is 27.3 Å². The van der Waals surface area contributed by atoms with Gasteiger partial charge in [-0.25, -0.2) is 9.79 Å². The van der Waals surface area contributed by atoms with Crippen LogP contribution in [-0.2, 0) is 4.74 Å². The zero-order chi connectivity index (χ0) is 24.4. The molecular weight excluding hydrogens is 476 g/mol. The lowest BCUT2D eigenvalue weighted by molar-refractivity contribution is 0.0605. The summed E-state index contributed by atoms with van der Waals surface area (Å²) in [5.41, 5.74) is 2.13. The van der Waals surface area contributed by atoms with Gasteiger partial charge in [0.25, 0.3) is 0 Å². The molecule has 0 amide bonds. The first-order chi connectivity index (χ1) is 16.4. The van der Waals surface area contributed by atoms with E-state index in [4.69, 9.17) is 35.2 Å². The molecule has 9 heteroatoms. The predicted octanol–water partition coefficient (Wildman–Crippen LogP) is 6.03. The summed E-state index contributed by atoms with van der Waals surface area (Å²) >= 11 is 7.35. The lowest BCUT2D eigenvalue weighted by atomic mass is 10.1. The number of methoxy groups -OCH3 is 3. The molecule has 2 heterocycles. The van der Waals surface area contributed by atoms with E-state index < -0.39 is 5.97 Å². The number of rotatable bonds is 5. The maximum absolute atomic E-state index is 12.2. The number of ether oxygens (including phenoxy) is 3. The molecule has 0 aliphatic carbocycles. The topological polar surface area (TPSA) is 94.1 Å². The fraction of sp³-hybridized carbons (Fsp3) is 0.160. The van der Waals surface area contributed by atoms with Crippen molar-refractivity contribution in [2.45, 2.75) is 6.92 Å². The second kappa shape index (κ2) is 9.59. The van der Waals surface area contributed by atoms with Gasteiger partial charge in [-0.05, 0) is 48.9 Å². The Morgan fingerprint density at radius 2 is 1.85 bits per heavy atom. The zero-order valence-electron chi connectivity index (χ0n) is 18.8. The van der Waals surface area contributed by atoms with Crippen molar-refractivity contribution in [2.75, 3.05) is 21.3 Å². The number of hydrogen-bond donors (Lipinski definition) is 0. The summed E-state index contributed by atoms with van der Waals surface area (Å²) in [5, 5.41) is 11.8. The number of benzene rings is 2. The van der Waals surface area contributed by atoms with E-state index in [1.165, 1.54) is 7.11 Å². The van der Waals surface area contributed by atoms with Gasteiger partial charge in [-0.2, -0.15) is 5.26 Å². The van der Waals surface area contributed by atoms with Gasteiger partial charge in [0.2, 0.25) is 0 Å². The van der Waals surface area contributed by atoms with Crippen molar-refractivity contribution in [3.8, 4) is 28.9 Å². The Bertz CT molecular complexity index is 1530. The lowest BCUT2D eigenvalue weighted by Crippen LogP contribution is -2.03. The van der Waals surface area contributed by atoms with Crippen molar-refractivity contribution >= 4 is 44.9 Å². The van der Waals surface area contributed by atoms with Crippen molar-refractivity contribution < 1.29 is 23.4 Å². The summed E-state index contributed by atoms with van der Waals surface area (Å²) in [6, 6.07) is 14.6. The van der Waals surface area contributed by atoms with Crippen LogP contribution in [0.4, 0.5) is 5.00 Å². The monoisotopic (exact) mass is 494 g/mol. The van der Waals surface area contributed by atoms with Crippen LogP contribution in [0.25, 0.3) is 22.3 Å². The highest BCUT2D eigenvalue weighted by Crippen LogP contribution is 2.36. The molecule has 0 fully saturated rings. The predicted molar refractivity (Wildman–Crippen MR) is 130 cm³/mol. The number of nitriles is 1. The van der Waals surface area contributed by atoms with Crippen LogP contribution in [0.15, 0.2) is 51.9 Å². The average molecular weight is 495 g/mol. The molecule has 0 aliphatic rings. The Hall–Kier alpha value is -3.80. The SMILES string of the molecule is COC(=O)c1sc(N=c2cc(-c3ccc(OC)c(OC)c3)oc3ccc(Cl)cc23)c(C#N)c1C. The number of hydrogen-bond acceptors (Lipinski definition) is 8. The molecule has 172 valence electrons. The van der Waals surface area contributed by atoms with E-state index in [0.29, 0.717) is 59.6 Å². The molecule has 0 saturated carbocycles. The Morgan fingerprint density at radius 1 is 1.09 bits per heavy atom. The molecule has 0 saturated heterocycles. The molecule has 2 aromatic carbocycles. The summed E-state index contributed by atoms with van der Waals surface area (Å²) < 4.78 is 21.7. The number of carbonyl (C=O) groups is 1. The minimum Gasteiger partial charge on any atom is -0.493 e. The Morgan fingerprint density at radius 3 is 2.53 bits per heavy atom. The zero-order valence-corrected chi connectivity index (χ0v) is 20.3. The molecule has 0 N–H and O–H groups in total. The average Bonchev–Trinajstić information content (AvgIpc) is 3.17. The summed E-state index contributed by atoms with van der Waals surface area (Å²) in [6.45, 7) is 1.70. The molecule has 0 bridgehead atoms. The van der Waals surface area contributed by atoms with Crippen LogP contribution >= 0.6 is 22.9 Å². The van der Waals surface area contributed by atoms with Crippen molar-refractivity contribution in [3.05, 3.63) is 68.8 Å². The molecule has 2 aromatic heterocycles. The van der Waals surface area contributed by atoms with Gasteiger partial charge < -0.3 is 18.6 Å². The Kier molecular flexibility index (Phi) is 6.59. The first kappa shape index (κ1) is 23.4. The van der Waals surface area contributed by atoms with E-state index in [2.05, 4.69) is 6.07 Å². The van der Waals surface area contributed by atoms with Gasteiger partial charge in [-0.3, -0.25) is 0 Å². The first-order valence-corrected chi connectivity index (χ1v) is 11.2. The number of esters is 1. The van der Waals surface area contributed by atoms with Crippen molar-refractivity contribution in [3.63, 3.8) is 0 Å². The maximum Gasteiger partial charge on any atom is 0.348 e. The molecule has 0 radical (unpaired) electrons. The fourth-order valence-electron chi connectivity index (χ4n) is 3.47. The fourth-order valence-corrected chi connectivity index (χ4v) is 4.70. The van der Waals surface area contributed by atoms with Crippen molar-refractivity contribution in [2.24, 2.45) is 4.99 Å². The number of thiophene rings is 1. The van der Waals surface area contributed by atoms with E-state index in [0.717, 1.165) is 16.9 Å². The van der Waals surface area contributed by atoms with Gasteiger partial charge in [-0.1, -0.05) is 11.6 Å². The number of nitrogens with zero attached hydrogens (tertiary/aromatic N) is 2. The van der Waals surface area contributed by atoms with Crippen LogP contribution in [0.3, 0.4) is 0 Å². The van der Waals surface area contributed by atoms with Crippen LogP contribution in [0.2, 0.25) is 5.02 Å². The number of halogens is 1. The molecule has 0 unspecified atom stereocenters. The molecule has 7 nitrogen and oxygen atoms in total. The molecular formula is C25H19ClN2O5S. The van der Waals surface area contributed by atoms with Crippen LogP contribution in [0.5, 0.6) is 11.5 Å². The van der Waals surface area contributed by atoms with E-state index in [1.54, 1.807) is 57.5 Å². The summed E-state index contributed by atoms with van der Waals surface area (Å²) in [4.78, 5) is 17.2. The molecule has 34 heavy (non-hydrogen) atoms. The van der Waals surface area contributed by atoms with Crippen molar-refractivity contribution in [1.82, 2.24) is 0 Å². The van der Waals surface area contributed by atoms with Gasteiger partial charge in [-0.15, -0.1) is 11.3 Å². The van der Waals surface area contributed by atoms with Gasteiger partial charge in [0, 0.05) is 22.0 Å². The first-order valence-electron chi connectivity index (χ1n) is 10.0. The third kappa shape index (κ3) is 4.23. The highest BCUT2D eigenvalue weighted by Gasteiger charge is 2.20. The smallest absolute Gasteiger partial charge is 0.348 e. The van der Waals surface area contributed by atoms with Crippen LogP contribution in [0, 0.1) is 18.3 Å². The standard InChI is InChI=1S/C25H19ClN2O5S/c1-13-17(12-27)24(34-23(13)25(29)32-4)28-18-11-21(33-19-8-6-15(26)10-16(18)19)14-5-7-20(30-2)22(9-14)31-3/h5-11H,1-4H3. The van der Waals surface area contributed by atoms with Crippen LogP contribution in [0.1, 0.15) is 20.8 Å². The largest absolute Gasteiger partial charge is 0.493 e. The quantitative estimate of drug-likeness (QED) is 0.314. The molecule has 0 aliphatic heterocycles. The molecule has 4 aromatic rings. The van der Waals surface area contributed by atoms with Gasteiger partial charge in [0.1, 0.15) is 27.3 Å². The summed E-state index contributed by atoms with van der Waals surface area (Å²) in [7, 11) is 4.42. The normalized spacial score (nSPS) is 11.4. The molecule has 4 rings (SSSR count). The van der Waals surface area contributed by atoms with E-state index in [9.17, 15) is 10.1 Å². The van der Waals surface area contributed by atoms with Gasteiger partial charge in [0.15, 0.2) is 11.5 Å². The van der Waals surface area contributed by atoms with Gasteiger partial charge in [0.05, 0.1) is 32.3 Å². The molecule has 0 spiro atoms. The highest BCUT2D eigenvalue weighted by atomic mass is 35.5. The van der Waals surface area contributed by atoms with Gasteiger partial charge >= 0.3 is 5.97 Å². The lowest BCUT2D eigenvalue weighted by Gasteiger charge is -2.10. The van der Waals surface area contributed by atoms with E-state index >= 15 is 0 Å². The maximum atomic E-state index is 12.2. The highest BCUT2D eigenvalue weighted by molar-refractivity contribution is 7.18. The van der Waals surface area contributed by atoms with E-state index in [-0.39, 0.29) is 0 Å². The Balaban J connectivity index is 2.00. The van der Waals surface area contributed by atoms with Crippen molar-refractivity contribution in [1.29, 1.82) is 5.26 Å². The summed E-state index contributed by atoms with van der Waals surface area (Å²) in [5.74, 6) is 1.15. The second-order valence-corrected chi connectivity index (χ2v) is 8.59. The minimum atomic E-state index is -0.512. The van der Waals surface area contributed by atoms with E-state index in [1.807, 2.05) is 6.07 Å². The minimum absolute atomic E-state index is 0.314. The third-order valence-corrected chi connectivity index (χ3v) is 6.61.